The first-order valence-electron chi connectivity index (χ1n) is 6.38. The van der Waals surface area contributed by atoms with Gasteiger partial charge in [-0.3, -0.25) is 4.99 Å². The van der Waals surface area contributed by atoms with Gasteiger partial charge in [0.05, 0.1) is 0 Å². The zero-order valence-corrected chi connectivity index (χ0v) is 14.4. The second-order valence-electron chi connectivity index (χ2n) is 5.27. The molecule has 0 aliphatic heterocycles. The monoisotopic (exact) mass is 393 g/mol. The maximum atomic E-state index is 5.99. The molecule has 2 rings (SSSR count). The number of guanidine groups is 1. The van der Waals surface area contributed by atoms with Crippen LogP contribution in [0.1, 0.15) is 31.7 Å². The van der Waals surface area contributed by atoms with Crippen molar-refractivity contribution in [1.82, 2.24) is 5.32 Å². The number of nitrogens with zero attached hydrogens (tertiary/aromatic N) is 1. The number of benzene rings is 1. The summed E-state index contributed by atoms with van der Waals surface area (Å²) in [6, 6.07) is 8.42. The van der Waals surface area contributed by atoms with Crippen LogP contribution in [0.25, 0.3) is 0 Å². The minimum absolute atomic E-state index is 0. The van der Waals surface area contributed by atoms with Gasteiger partial charge in [-0.05, 0) is 30.0 Å². The molecule has 19 heavy (non-hydrogen) atoms. The third-order valence-corrected chi connectivity index (χ3v) is 3.26. The summed E-state index contributed by atoms with van der Waals surface area (Å²) in [6.07, 6.45) is 1.10. The molecule has 1 aromatic rings. The Hall–Kier alpha value is -0.490. The van der Waals surface area contributed by atoms with Gasteiger partial charge in [0, 0.05) is 23.5 Å². The Balaban J connectivity index is 0.00000180. The molecule has 0 bridgehead atoms. The van der Waals surface area contributed by atoms with Gasteiger partial charge in [-0.25, -0.2) is 0 Å². The van der Waals surface area contributed by atoms with Crippen LogP contribution in [-0.2, 0) is 0 Å². The van der Waals surface area contributed by atoms with Crippen molar-refractivity contribution < 1.29 is 0 Å². The summed E-state index contributed by atoms with van der Waals surface area (Å²) >= 11 is 5.99. The van der Waals surface area contributed by atoms with Crippen LogP contribution >= 0.6 is 35.6 Å². The molecule has 0 amide bonds. The molecule has 1 aliphatic rings. The molecule has 2 atom stereocenters. The summed E-state index contributed by atoms with van der Waals surface area (Å²) in [5.74, 6) is 1.60. The van der Waals surface area contributed by atoms with Crippen LogP contribution in [0, 0.1) is 5.92 Å². The summed E-state index contributed by atoms with van der Waals surface area (Å²) in [4.78, 5) is 4.31. The van der Waals surface area contributed by atoms with Gasteiger partial charge < -0.3 is 11.1 Å². The summed E-state index contributed by atoms with van der Waals surface area (Å²) in [6.45, 7) is 5.03. The predicted molar refractivity (Wildman–Crippen MR) is 92.5 cm³/mol. The van der Waals surface area contributed by atoms with Crippen molar-refractivity contribution in [2.24, 2.45) is 16.6 Å². The van der Waals surface area contributed by atoms with Gasteiger partial charge in [0.25, 0.3) is 0 Å². The Labute approximate surface area is 137 Å². The van der Waals surface area contributed by atoms with Crippen LogP contribution < -0.4 is 11.1 Å². The average molecular weight is 394 g/mol. The highest BCUT2D eigenvalue weighted by Gasteiger charge is 2.38. The van der Waals surface area contributed by atoms with E-state index >= 15 is 0 Å². The second kappa shape index (κ2) is 7.33. The smallest absolute Gasteiger partial charge is 0.188 e. The number of hydrogen-bond donors (Lipinski definition) is 2. The summed E-state index contributed by atoms with van der Waals surface area (Å²) in [5, 5.41) is 4.05. The fraction of sp³-hybridized carbons (Fsp3) is 0.500. The zero-order chi connectivity index (χ0) is 13.1. The lowest BCUT2D eigenvalue weighted by Crippen LogP contribution is -2.34. The van der Waals surface area contributed by atoms with E-state index in [0.717, 1.165) is 18.0 Å². The van der Waals surface area contributed by atoms with Gasteiger partial charge in [0.2, 0.25) is 0 Å². The van der Waals surface area contributed by atoms with E-state index in [2.05, 4.69) is 30.2 Å². The van der Waals surface area contributed by atoms with E-state index in [0.29, 0.717) is 23.8 Å². The molecule has 1 aliphatic carbocycles. The normalized spacial score (nSPS) is 22.0. The molecule has 3 N–H and O–H groups in total. The number of nitrogens with one attached hydrogen (secondary N) is 1. The molecular weight excluding hydrogens is 373 g/mol. The van der Waals surface area contributed by atoms with E-state index in [9.17, 15) is 0 Å². The third-order valence-electron chi connectivity index (χ3n) is 3.03. The van der Waals surface area contributed by atoms with E-state index in [1.54, 1.807) is 0 Å². The van der Waals surface area contributed by atoms with Crippen molar-refractivity contribution in [2.75, 3.05) is 6.54 Å². The molecule has 0 heterocycles. The van der Waals surface area contributed by atoms with Gasteiger partial charge in [-0.1, -0.05) is 37.6 Å². The highest BCUT2D eigenvalue weighted by Crippen LogP contribution is 2.41. The number of nitrogens with two attached hydrogens (primary N) is 1. The highest BCUT2D eigenvalue weighted by atomic mass is 127. The van der Waals surface area contributed by atoms with E-state index < -0.39 is 0 Å². The van der Waals surface area contributed by atoms with Crippen molar-refractivity contribution in [3.05, 3.63) is 34.9 Å². The standard InChI is InChI=1S/C14H20ClN3.HI/c1-9(2)8-17-14(16)18-13-7-12(13)10-4-3-5-11(15)6-10;/h3-6,9,12-13H,7-8H2,1-2H3,(H3,16,17,18);1H. The lowest BCUT2D eigenvalue weighted by Gasteiger charge is -2.06. The Morgan fingerprint density at radius 3 is 2.89 bits per heavy atom. The van der Waals surface area contributed by atoms with Crippen molar-refractivity contribution >= 4 is 41.5 Å². The van der Waals surface area contributed by atoms with Crippen molar-refractivity contribution in [2.45, 2.75) is 32.2 Å². The molecule has 1 aromatic carbocycles. The maximum absolute atomic E-state index is 5.99. The molecule has 0 radical (unpaired) electrons. The minimum atomic E-state index is 0. The molecule has 2 unspecified atom stereocenters. The van der Waals surface area contributed by atoms with Crippen molar-refractivity contribution in [3.8, 4) is 0 Å². The SMILES string of the molecule is CC(C)CN=C(N)NC1CC1c1cccc(Cl)c1.I. The van der Waals surface area contributed by atoms with E-state index in [-0.39, 0.29) is 24.0 Å². The molecule has 3 nitrogen and oxygen atoms in total. The Morgan fingerprint density at radius 1 is 1.53 bits per heavy atom. The maximum Gasteiger partial charge on any atom is 0.188 e. The molecule has 106 valence electrons. The van der Waals surface area contributed by atoms with Gasteiger partial charge in [0.1, 0.15) is 0 Å². The van der Waals surface area contributed by atoms with Crippen molar-refractivity contribution in [3.63, 3.8) is 0 Å². The number of rotatable bonds is 4. The predicted octanol–water partition coefficient (Wildman–Crippen LogP) is 3.37. The molecule has 0 saturated heterocycles. The minimum Gasteiger partial charge on any atom is -0.370 e. The van der Waals surface area contributed by atoms with Gasteiger partial charge in [-0.2, -0.15) is 0 Å². The molecule has 1 fully saturated rings. The average Bonchev–Trinajstić information content (AvgIpc) is 3.06. The lowest BCUT2D eigenvalue weighted by atomic mass is 10.1. The number of halogens is 2. The number of aliphatic imine (C=N–C) groups is 1. The van der Waals surface area contributed by atoms with E-state index in [1.807, 2.05) is 18.2 Å². The Morgan fingerprint density at radius 2 is 2.26 bits per heavy atom. The molecule has 5 heteroatoms. The number of hydrogen-bond acceptors (Lipinski definition) is 1. The topological polar surface area (TPSA) is 50.4 Å². The fourth-order valence-electron chi connectivity index (χ4n) is 1.98. The van der Waals surface area contributed by atoms with E-state index in [4.69, 9.17) is 17.3 Å². The second-order valence-corrected chi connectivity index (χ2v) is 5.70. The molecule has 0 aromatic heterocycles. The summed E-state index contributed by atoms with van der Waals surface area (Å²) < 4.78 is 0. The first kappa shape index (κ1) is 16.6. The van der Waals surface area contributed by atoms with Crippen LogP contribution in [0.5, 0.6) is 0 Å². The Kier molecular flexibility index (Phi) is 6.39. The van der Waals surface area contributed by atoms with Crippen molar-refractivity contribution in [1.29, 1.82) is 0 Å². The van der Waals surface area contributed by atoms with Gasteiger partial charge >= 0.3 is 0 Å². The molecule has 0 spiro atoms. The largest absolute Gasteiger partial charge is 0.370 e. The zero-order valence-electron chi connectivity index (χ0n) is 11.3. The van der Waals surface area contributed by atoms with Gasteiger partial charge in [-0.15, -0.1) is 24.0 Å². The molecular formula is C14H21ClIN3. The fourth-order valence-corrected chi connectivity index (χ4v) is 2.18. The first-order chi connectivity index (χ1) is 8.56. The van der Waals surface area contributed by atoms with Crippen LogP contribution in [0.2, 0.25) is 5.02 Å². The first-order valence-corrected chi connectivity index (χ1v) is 6.76. The van der Waals surface area contributed by atoms with Crippen LogP contribution in [0.15, 0.2) is 29.3 Å². The van der Waals surface area contributed by atoms with Crippen LogP contribution in [0.3, 0.4) is 0 Å². The Bertz CT molecular complexity index is 448. The highest BCUT2D eigenvalue weighted by molar-refractivity contribution is 14.0. The van der Waals surface area contributed by atoms with Gasteiger partial charge in [0.15, 0.2) is 5.96 Å². The molecule has 1 saturated carbocycles. The summed E-state index contributed by atoms with van der Waals surface area (Å²) in [5.41, 5.74) is 7.12. The lowest BCUT2D eigenvalue weighted by molar-refractivity contribution is 0.660. The van der Waals surface area contributed by atoms with Crippen LogP contribution in [-0.4, -0.2) is 18.5 Å². The quantitative estimate of drug-likeness (QED) is 0.468. The van der Waals surface area contributed by atoms with E-state index in [1.165, 1.54) is 5.56 Å². The third kappa shape index (κ3) is 5.18. The van der Waals surface area contributed by atoms with Crippen LogP contribution in [0.4, 0.5) is 0 Å². The summed E-state index contributed by atoms with van der Waals surface area (Å²) in [7, 11) is 0.